The van der Waals surface area contributed by atoms with Crippen LogP contribution in [0.3, 0.4) is 0 Å². The molecule has 8 rings (SSSR count). The summed E-state index contributed by atoms with van der Waals surface area (Å²) in [6.07, 6.45) is 3.17. The van der Waals surface area contributed by atoms with E-state index in [1.54, 1.807) is 0 Å². The lowest BCUT2D eigenvalue weighted by atomic mass is 9.71. The molecule has 0 saturated carbocycles. The van der Waals surface area contributed by atoms with Crippen molar-refractivity contribution in [1.82, 2.24) is 0 Å². The van der Waals surface area contributed by atoms with E-state index in [0.717, 1.165) is 70.8 Å². The van der Waals surface area contributed by atoms with Gasteiger partial charge in [-0.15, -0.1) is 0 Å². The first-order valence-corrected chi connectivity index (χ1v) is 16.7. The Kier molecular flexibility index (Phi) is 6.11. The van der Waals surface area contributed by atoms with Crippen molar-refractivity contribution in [2.24, 2.45) is 5.41 Å². The van der Waals surface area contributed by atoms with E-state index in [-0.39, 0.29) is 11.0 Å². The van der Waals surface area contributed by atoms with Crippen LogP contribution in [0, 0.1) is 11.5 Å². The normalized spacial score (nSPS) is 18.1. The predicted molar refractivity (Wildman–Crippen MR) is 183 cm³/mol. The van der Waals surface area contributed by atoms with Crippen molar-refractivity contribution in [3.8, 4) is 34.5 Å². The Morgan fingerprint density at radius 2 is 1.04 bits per heavy atom. The second kappa shape index (κ2) is 9.69. The van der Waals surface area contributed by atoms with Crippen molar-refractivity contribution >= 4 is 22.7 Å². The average molecular weight is 600 g/mol. The number of nitrogens with zero attached hydrogens (tertiary/aromatic N) is 2. The summed E-state index contributed by atoms with van der Waals surface area (Å²) in [5.41, 5.74) is 8.03. The zero-order valence-corrected chi connectivity index (χ0v) is 27.7. The second-order valence-electron chi connectivity index (χ2n) is 14.4. The number of rotatable bonds is 6. The van der Waals surface area contributed by atoms with Gasteiger partial charge in [-0.05, 0) is 98.0 Å². The van der Waals surface area contributed by atoms with Gasteiger partial charge in [0.1, 0.15) is 17.1 Å². The number of hydrogen-bond acceptors (Lipinski definition) is 5. The number of ether oxygens (including phenoxy) is 3. The molecule has 4 aromatic rings. The van der Waals surface area contributed by atoms with Crippen molar-refractivity contribution in [2.75, 3.05) is 9.80 Å². The minimum absolute atomic E-state index is 0.0127. The highest BCUT2D eigenvalue weighted by Crippen LogP contribution is 2.68. The van der Waals surface area contributed by atoms with Gasteiger partial charge in [0.25, 0.3) is 0 Å². The minimum Gasteiger partial charge on any atom is -0.453 e. The van der Waals surface area contributed by atoms with Gasteiger partial charge in [0.2, 0.25) is 0 Å². The molecular formula is C40H43N2O3. The molecule has 4 aliphatic heterocycles. The fourth-order valence-electron chi connectivity index (χ4n) is 8.55. The van der Waals surface area contributed by atoms with Crippen LogP contribution in [0.2, 0.25) is 0 Å². The molecule has 4 heterocycles. The molecule has 4 aliphatic rings. The summed E-state index contributed by atoms with van der Waals surface area (Å²) in [4.78, 5) is 5.01. The van der Waals surface area contributed by atoms with Gasteiger partial charge in [0.15, 0.2) is 34.5 Å². The number of para-hydroxylation sites is 3. The summed E-state index contributed by atoms with van der Waals surface area (Å²) in [6.45, 7) is 18.9. The molecule has 45 heavy (non-hydrogen) atoms. The van der Waals surface area contributed by atoms with Crippen LogP contribution < -0.4 is 24.0 Å². The predicted octanol–water partition coefficient (Wildman–Crippen LogP) is 12.1. The molecule has 5 heteroatoms. The van der Waals surface area contributed by atoms with Gasteiger partial charge in [-0.25, -0.2) is 0 Å². The molecule has 0 N–H and O–H groups in total. The maximum absolute atomic E-state index is 6.77. The third-order valence-electron chi connectivity index (χ3n) is 10.6. The van der Waals surface area contributed by atoms with E-state index in [9.17, 15) is 0 Å². The molecule has 4 aromatic carbocycles. The topological polar surface area (TPSA) is 34.2 Å². The maximum atomic E-state index is 6.77. The Bertz CT molecular complexity index is 1750. The summed E-state index contributed by atoms with van der Waals surface area (Å²) in [5.74, 6) is 5.59. The van der Waals surface area contributed by atoms with Crippen molar-refractivity contribution in [3.05, 3.63) is 89.5 Å². The average Bonchev–Trinajstić information content (AvgIpc) is 3.27. The summed E-state index contributed by atoms with van der Waals surface area (Å²) in [5, 5.41) is 0. The fraction of sp³-hybridized carbons (Fsp3) is 0.375. The molecule has 1 fully saturated rings. The SMILES string of the molecule is CCC1(CC)CC(C)(C)N(c2c(C(C)C)cccc2C(C)C)[C]1c1cc2c3c(c1)Oc1cccc4c1N3c1c(cccc1O2)O4. The fourth-order valence-corrected chi connectivity index (χ4v) is 8.55. The lowest BCUT2D eigenvalue weighted by Gasteiger charge is -2.44. The van der Waals surface area contributed by atoms with Gasteiger partial charge in [0, 0.05) is 16.6 Å². The first-order chi connectivity index (χ1) is 21.6. The summed E-state index contributed by atoms with van der Waals surface area (Å²) in [6, 6.07) is 24.9. The molecular weight excluding hydrogens is 556 g/mol. The van der Waals surface area contributed by atoms with E-state index in [1.807, 2.05) is 36.4 Å². The van der Waals surface area contributed by atoms with Gasteiger partial charge in [-0.2, -0.15) is 0 Å². The van der Waals surface area contributed by atoms with E-state index in [1.165, 1.54) is 28.4 Å². The molecule has 1 saturated heterocycles. The number of benzene rings is 4. The van der Waals surface area contributed by atoms with E-state index in [2.05, 4.69) is 95.5 Å². The van der Waals surface area contributed by atoms with E-state index in [4.69, 9.17) is 14.2 Å². The first-order valence-electron chi connectivity index (χ1n) is 16.7. The largest absolute Gasteiger partial charge is 0.453 e. The molecule has 0 unspecified atom stereocenters. The van der Waals surface area contributed by atoms with Crippen molar-refractivity contribution in [2.45, 2.75) is 92.0 Å². The maximum Gasteiger partial charge on any atom is 0.155 e. The molecule has 0 atom stereocenters. The van der Waals surface area contributed by atoms with Crippen LogP contribution in [-0.4, -0.2) is 5.54 Å². The Labute approximate surface area is 267 Å². The standard InChI is InChI=1S/C40H43N2O3/c1-9-40(10-2)22-39(7,8)42(34-26(23(3)4)14-11-15-27(34)24(5)6)38(40)25-20-32-37-33(21-25)45-31-19-13-17-29-36(31)41(37)35-28(43-29)16-12-18-30(35)44-32/h11-21,23-24H,9-10,22H2,1-8H3. The molecule has 231 valence electrons. The van der Waals surface area contributed by atoms with Crippen molar-refractivity contribution in [3.63, 3.8) is 0 Å². The zero-order valence-electron chi connectivity index (χ0n) is 27.7. The quantitative estimate of drug-likeness (QED) is 0.190. The van der Waals surface area contributed by atoms with Gasteiger partial charge >= 0.3 is 0 Å². The third-order valence-corrected chi connectivity index (χ3v) is 10.6. The Morgan fingerprint density at radius 1 is 0.622 bits per heavy atom. The summed E-state index contributed by atoms with van der Waals surface area (Å²) < 4.78 is 19.9. The lowest BCUT2D eigenvalue weighted by Crippen LogP contribution is -2.42. The molecule has 5 nitrogen and oxygen atoms in total. The molecule has 0 bridgehead atoms. The van der Waals surface area contributed by atoms with Crippen LogP contribution in [0.5, 0.6) is 34.5 Å². The summed E-state index contributed by atoms with van der Waals surface area (Å²) >= 11 is 0. The Balaban J connectivity index is 1.39. The van der Waals surface area contributed by atoms with Gasteiger partial charge in [0.05, 0.1) is 6.04 Å². The molecule has 0 spiro atoms. The monoisotopic (exact) mass is 599 g/mol. The van der Waals surface area contributed by atoms with E-state index in [0.29, 0.717) is 11.8 Å². The number of anilines is 4. The van der Waals surface area contributed by atoms with Crippen LogP contribution in [0.4, 0.5) is 22.7 Å². The second-order valence-corrected chi connectivity index (χ2v) is 14.4. The minimum atomic E-state index is -0.0992. The molecule has 0 aromatic heterocycles. The van der Waals surface area contributed by atoms with Crippen molar-refractivity contribution < 1.29 is 14.2 Å². The van der Waals surface area contributed by atoms with Gasteiger partial charge < -0.3 is 19.1 Å². The lowest BCUT2D eigenvalue weighted by molar-refractivity contribution is 0.283. The first kappa shape index (κ1) is 28.4. The third kappa shape index (κ3) is 3.85. The Morgan fingerprint density at radius 3 is 1.49 bits per heavy atom. The van der Waals surface area contributed by atoms with E-state index < -0.39 is 0 Å². The summed E-state index contributed by atoms with van der Waals surface area (Å²) in [7, 11) is 0. The van der Waals surface area contributed by atoms with Crippen molar-refractivity contribution in [1.29, 1.82) is 0 Å². The highest BCUT2D eigenvalue weighted by molar-refractivity contribution is 5.99. The van der Waals surface area contributed by atoms with Crippen LogP contribution in [0.15, 0.2) is 66.7 Å². The molecule has 0 amide bonds. The smallest absolute Gasteiger partial charge is 0.155 e. The highest BCUT2D eigenvalue weighted by Gasteiger charge is 2.57. The van der Waals surface area contributed by atoms with Crippen LogP contribution in [0.25, 0.3) is 0 Å². The van der Waals surface area contributed by atoms with Crippen LogP contribution in [-0.2, 0) is 0 Å². The van der Waals surface area contributed by atoms with Crippen LogP contribution >= 0.6 is 0 Å². The van der Waals surface area contributed by atoms with Crippen LogP contribution in [0.1, 0.15) is 103 Å². The molecule has 0 aliphatic carbocycles. The van der Waals surface area contributed by atoms with Gasteiger partial charge in [-0.1, -0.05) is 71.9 Å². The Hall–Kier alpha value is -4.12. The number of hydrogen-bond donors (Lipinski definition) is 0. The van der Waals surface area contributed by atoms with Gasteiger partial charge in [-0.3, -0.25) is 4.90 Å². The molecule has 1 radical (unpaired) electrons. The highest BCUT2D eigenvalue weighted by atomic mass is 16.5. The van der Waals surface area contributed by atoms with E-state index >= 15 is 0 Å². The zero-order chi connectivity index (χ0) is 31.4.